The van der Waals surface area contributed by atoms with Gasteiger partial charge in [0.2, 0.25) is 0 Å². The van der Waals surface area contributed by atoms with Crippen molar-refractivity contribution in [3.8, 4) is 0 Å². The Morgan fingerprint density at radius 1 is 1.33 bits per heavy atom. The highest BCUT2D eigenvalue weighted by Crippen LogP contribution is 2.39. The van der Waals surface area contributed by atoms with E-state index in [0.717, 1.165) is 37.3 Å². The Balaban J connectivity index is 2.25. The van der Waals surface area contributed by atoms with Crippen molar-refractivity contribution in [1.29, 1.82) is 0 Å². The molecule has 1 nitrogen and oxygen atoms in total. The van der Waals surface area contributed by atoms with Crippen LogP contribution in [0.5, 0.6) is 0 Å². The van der Waals surface area contributed by atoms with Crippen LogP contribution in [0.2, 0.25) is 5.02 Å². The lowest BCUT2D eigenvalue weighted by molar-refractivity contribution is 0.228. The molecule has 21 heavy (non-hydrogen) atoms. The van der Waals surface area contributed by atoms with Crippen molar-refractivity contribution in [1.82, 2.24) is 5.32 Å². The summed E-state index contributed by atoms with van der Waals surface area (Å²) in [5.74, 6) is 1.02. The van der Waals surface area contributed by atoms with Gasteiger partial charge in [-0.3, -0.25) is 0 Å². The van der Waals surface area contributed by atoms with Crippen molar-refractivity contribution in [2.24, 2.45) is 11.8 Å². The molecule has 0 aliphatic heterocycles. The topological polar surface area (TPSA) is 12.0 Å². The standard InChI is InChI=1S/C17H24BrClFN/c1-3-10-21-17(12-6-4-11(2)5-7-12)13-8-9-14(18)15(19)16(13)20/h8-9,11-12,17,21H,3-7,10H2,1-2H3. The van der Waals surface area contributed by atoms with Crippen LogP contribution in [0.4, 0.5) is 4.39 Å². The van der Waals surface area contributed by atoms with Gasteiger partial charge in [-0.2, -0.15) is 0 Å². The molecule has 1 saturated carbocycles. The van der Waals surface area contributed by atoms with E-state index in [1.807, 2.05) is 12.1 Å². The van der Waals surface area contributed by atoms with Gasteiger partial charge in [0.1, 0.15) is 5.82 Å². The van der Waals surface area contributed by atoms with Crippen molar-refractivity contribution >= 4 is 27.5 Å². The quantitative estimate of drug-likeness (QED) is 0.611. The molecule has 1 N–H and O–H groups in total. The van der Waals surface area contributed by atoms with Crippen LogP contribution >= 0.6 is 27.5 Å². The summed E-state index contributed by atoms with van der Waals surface area (Å²) in [7, 11) is 0. The molecule has 0 radical (unpaired) electrons. The largest absolute Gasteiger partial charge is 0.310 e. The van der Waals surface area contributed by atoms with Crippen LogP contribution in [0.1, 0.15) is 57.6 Å². The van der Waals surface area contributed by atoms with Crippen LogP contribution in [0.15, 0.2) is 16.6 Å². The Morgan fingerprint density at radius 3 is 2.62 bits per heavy atom. The van der Waals surface area contributed by atoms with Crippen molar-refractivity contribution in [2.75, 3.05) is 6.54 Å². The molecule has 1 aromatic carbocycles. The average Bonchev–Trinajstić information content (AvgIpc) is 2.48. The van der Waals surface area contributed by atoms with Crippen LogP contribution in [0, 0.1) is 17.7 Å². The molecule has 118 valence electrons. The van der Waals surface area contributed by atoms with Gasteiger partial charge in [0.05, 0.1) is 5.02 Å². The number of nitrogens with one attached hydrogen (secondary N) is 1. The lowest BCUT2D eigenvalue weighted by Crippen LogP contribution is -2.32. The summed E-state index contributed by atoms with van der Waals surface area (Å²) >= 11 is 9.37. The van der Waals surface area contributed by atoms with E-state index in [1.54, 1.807) is 0 Å². The first-order valence-corrected chi connectivity index (χ1v) is 9.08. The van der Waals surface area contributed by atoms with Gasteiger partial charge in [0, 0.05) is 16.1 Å². The number of hydrogen-bond acceptors (Lipinski definition) is 1. The molecule has 0 aromatic heterocycles. The third kappa shape index (κ3) is 4.20. The number of hydrogen-bond donors (Lipinski definition) is 1. The molecule has 4 heteroatoms. The van der Waals surface area contributed by atoms with Gasteiger partial charge in [0.15, 0.2) is 0 Å². The van der Waals surface area contributed by atoms with E-state index >= 15 is 0 Å². The van der Waals surface area contributed by atoms with E-state index in [0.29, 0.717) is 10.4 Å². The zero-order valence-electron chi connectivity index (χ0n) is 12.8. The normalized spacial score (nSPS) is 24.0. The van der Waals surface area contributed by atoms with Gasteiger partial charge in [0.25, 0.3) is 0 Å². The van der Waals surface area contributed by atoms with Gasteiger partial charge < -0.3 is 5.32 Å². The van der Waals surface area contributed by atoms with E-state index in [9.17, 15) is 4.39 Å². The first-order valence-electron chi connectivity index (χ1n) is 7.91. The SMILES string of the molecule is CCCNC(c1ccc(Br)c(Cl)c1F)C1CCC(C)CC1. The fraction of sp³-hybridized carbons (Fsp3) is 0.647. The Bertz CT molecular complexity index is 472. The molecule has 1 fully saturated rings. The summed E-state index contributed by atoms with van der Waals surface area (Å²) in [5.41, 5.74) is 0.719. The van der Waals surface area contributed by atoms with E-state index in [4.69, 9.17) is 11.6 Å². The molecule has 1 aliphatic rings. The van der Waals surface area contributed by atoms with Crippen LogP contribution in [-0.4, -0.2) is 6.54 Å². The Morgan fingerprint density at radius 2 is 2.00 bits per heavy atom. The molecule has 0 spiro atoms. The second kappa shape index (κ2) is 7.94. The maximum absolute atomic E-state index is 14.6. The highest BCUT2D eigenvalue weighted by Gasteiger charge is 2.29. The second-order valence-corrected chi connectivity index (χ2v) is 7.45. The molecule has 0 heterocycles. The van der Waals surface area contributed by atoms with Crippen LogP contribution in [0.3, 0.4) is 0 Å². The zero-order valence-corrected chi connectivity index (χ0v) is 15.1. The van der Waals surface area contributed by atoms with Gasteiger partial charge in [-0.25, -0.2) is 4.39 Å². The maximum atomic E-state index is 14.6. The molecule has 2 rings (SSSR count). The van der Waals surface area contributed by atoms with E-state index in [1.165, 1.54) is 12.8 Å². The lowest BCUT2D eigenvalue weighted by atomic mass is 9.77. The fourth-order valence-corrected chi connectivity index (χ4v) is 3.71. The molecule has 0 amide bonds. The van der Waals surface area contributed by atoms with E-state index in [2.05, 4.69) is 35.1 Å². The van der Waals surface area contributed by atoms with Crippen molar-refractivity contribution in [2.45, 2.75) is 52.0 Å². The highest BCUT2D eigenvalue weighted by molar-refractivity contribution is 9.10. The summed E-state index contributed by atoms with van der Waals surface area (Å²) in [4.78, 5) is 0. The van der Waals surface area contributed by atoms with E-state index < -0.39 is 0 Å². The third-order valence-corrected chi connectivity index (χ3v) is 5.80. The smallest absolute Gasteiger partial charge is 0.147 e. The van der Waals surface area contributed by atoms with Gasteiger partial charge >= 0.3 is 0 Å². The summed E-state index contributed by atoms with van der Waals surface area (Å²) in [6.45, 7) is 5.35. The molecule has 1 aromatic rings. The molecule has 1 aliphatic carbocycles. The lowest BCUT2D eigenvalue weighted by Gasteiger charge is -2.34. The molecule has 1 atom stereocenters. The Hall–Kier alpha value is -0.120. The summed E-state index contributed by atoms with van der Waals surface area (Å²) in [6, 6.07) is 3.80. The first kappa shape index (κ1) is 17.2. The van der Waals surface area contributed by atoms with Gasteiger partial charge in [-0.15, -0.1) is 0 Å². The maximum Gasteiger partial charge on any atom is 0.147 e. The van der Waals surface area contributed by atoms with Gasteiger partial charge in [-0.05, 0) is 59.6 Å². The Kier molecular flexibility index (Phi) is 6.51. The zero-order chi connectivity index (χ0) is 15.4. The van der Waals surface area contributed by atoms with Crippen molar-refractivity contribution < 1.29 is 4.39 Å². The highest BCUT2D eigenvalue weighted by atomic mass is 79.9. The summed E-state index contributed by atoms with van der Waals surface area (Å²) < 4.78 is 15.2. The first-order chi connectivity index (χ1) is 10.0. The van der Waals surface area contributed by atoms with Crippen LogP contribution in [0.25, 0.3) is 0 Å². The molecular formula is C17H24BrClFN. The third-order valence-electron chi connectivity index (χ3n) is 4.55. The minimum atomic E-state index is -0.279. The number of benzene rings is 1. The van der Waals surface area contributed by atoms with E-state index in [-0.39, 0.29) is 16.9 Å². The number of rotatable bonds is 5. The average molecular weight is 377 g/mol. The summed E-state index contributed by atoms with van der Waals surface area (Å²) in [5, 5.41) is 3.74. The molecule has 0 saturated heterocycles. The predicted octanol–water partition coefficient (Wildman–Crippen LogP) is 6.11. The fourth-order valence-electron chi connectivity index (χ4n) is 3.23. The predicted molar refractivity (Wildman–Crippen MR) is 91.3 cm³/mol. The van der Waals surface area contributed by atoms with Crippen LogP contribution < -0.4 is 5.32 Å². The van der Waals surface area contributed by atoms with Gasteiger partial charge in [-0.1, -0.05) is 44.4 Å². The monoisotopic (exact) mass is 375 g/mol. The number of halogens is 3. The van der Waals surface area contributed by atoms with Crippen molar-refractivity contribution in [3.63, 3.8) is 0 Å². The summed E-state index contributed by atoms with van der Waals surface area (Å²) in [6.07, 6.45) is 5.85. The molecule has 1 unspecified atom stereocenters. The van der Waals surface area contributed by atoms with Crippen LogP contribution in [-0.2, 0) is 0 Å². The molecular weight excluding hydrogens is 353 g/mol. The minimum absolute atomic E-state index is 0.0723. The second-order valence-electron chi connectivity index (χ2n) is 6.22. The Labute approximate surface area is 140 Å². The molecule has 0 bridgehead atoms. The van der Waals surface area contributed by atoms with Crippen molar-refractivity contribution in [3.05, 3.63) is 33.0 Å². The minimum Gasteiger partial charge on any atom is -0.310 e.